The normalized spacial score (nSPS) is 18.7. The Morgan fingerprint density at radius 3 is 2.61 bits per heavy atom. The number of pyridine rings is 1. The zero-order valence-electron chi connectivity index (χ0n) is 21.6. The molecule has 198 valence electrons. The van der Waals surface area contributed by atoms with E-state index >= 15 is 0 Å². The van der Waals surface area contributed by atoms with Crippen molar-refractivity contribution < 1.29 is 9.53 Å². The third-order valence-electron chi connectivity index (χ3n) is 6.62. The number of H-pyrrole nitrogens is 1. The zero-order valence-corrected chi connectivity index (χ0v) is 23.1. The Hall–Kier alpha value is -3.63. The highest BCUT2D eigenvalue weighted by atomic mass is 35.5. The molecule has 0 saturated heterocycles. The van der Waals surface area contributed by atoms with Crippen LogP contribution in [0.2, 0.25) is 5.02 Å². The molecule has 3 aromatic heterocycles. The van der Waals surface area contributed by atoms with Crippen LogP contribution in [0.3, 0.4) is 0 Å². The van der Waals surface area contributed by atoms with Gasteiger partial charge in [-0.2, -0.15) is 4.98 Å². The molecular formula is C26H27Cl2N7O3. The standard InChI is InChI=1S/C26H27Cl2N7O3/c1-13(2)34-21-19(31-22(34)17-12-30-26(33(3)4)32-24(17)38-5)25(37)35(18-10-16(28)11-29-23(18)36)20(21)14-6-8-15(27)9-7-14/h6,8-14,20H,7H2,1-5H3,(H,29,36)/t14?,20-/m1/s1. The Morgan fingerprint density at radius 2 is 1.97 bits per heavy atom. The maximum atomic E-state index is 14.0. The van der Waals surface area contributed by atoms with Crippen molar-refractivity contribution in [3.8, 4) is 17.3 Å². The molecule has 1 amide bonds. The summed E-state index contributed by atoms with van der Waals surface area (Å²) in [6.07, 6.45) is 9.31. The summed E-state index contributed by atoms with van der Waals surface area (Å²) >= 11 is 12.5. The van der Waals surface area contributed by atoms with Crippen LogP contribution in [-0.4, -0.2) is 51.6 Å². The number of carbonyl (C=O) groups excluding carboxylic acids is 1. The van der Waals surface area contributed by atoms with E-state index in [2.05, 4.69) is 15.0 Å². The van der Waals surface area contributed by atoms with E-state index in [4.69, 9.17) is 32.9 Å². The molecule has 4 heterocycles. The average Bonchev–Trinajstić information content (AvgIpc) is 3.40. The third kappa shape index (κ3) is 4.27. The number of allylic oxidation sites excluding steroid dienone is 3. The molecule has 0 radical (unpaired) electrons. The fourth-order valence-corrected chi connectivity index (χ4v) is 5.29. The van der Waals surface area contributed by atoms with Crippen LogP contribution >= 0.6 is 23.2 Å². The van der Waals surface area contributed by atoms with Gasteiger partial charge in [0.1, 0.15) is 11.5 Å². The number of imidazole rings is 1. The van der Waals surface area contributed by atoms with Crippen LogP contribution in [0.15, 0.2) is 46.5 Å². The van der Waals surface area contributed by atoms with Crippen molar-refractivity contribution in [1.82, 2.24) is 24.5 Å². The average molecular weight is 556 g/mol. The first-order valence-corrected chi connectivity index (χ1v) is 12.8. The number of amides is 1. The highest BCUT2D eigenvalue weighted by Gasteiger charge is 2.47. The van der Waals surface area contributed by atoms with Gasteiger partial charge in [0, 0.05) is 43.5 Å². The SMILES string of the molecule is COc1nc(N(C)C)ncc1-c1nc2c(n1C(C)C)[C@@H](C1C=CC(Cl)=CC1)N(c1cc(Cl)c[nH]c1=O)C2=O. The number of nitrogens with zero attached hydrogens (tertiary/aromatic N) is 6. The van der Waals surface area contributed by atoms with E-state index in [9.17, 15) is 9.59 Å². The van der Waals surface area contributed by atoms with Gasteiger partial charge in [-0.25, -0.2) is 9.97 Å². The highest BCUT2D eigenvalue weighted by molar-refractivity contribution is 6.31. The second kappa shape index (κ2) is 9.92. The van der Waals surface area contributed by atoms with Crippen molar-refractivity contribution in [3.63, 3.8) is 0 Å². The van der Waals surface area contributed by atoms with Gasteiger partial charge in [0.15, 0.2) is 5.69 Å². The summed E-state index contributed by atoms with van der Waals surface area (Å²) in [6.45, 7) is 4.02. The molecule has 12 heteroatoms. The van der Waals surface area contributed by atoms with Gasteiger partial charge >= 0.3 is 0 Å². The van der Waals surface area contributed by atoms with E-state index in [0.29, 0.717) is 45.4 Å². The van der Waals surface area contributed by atoms with Crippen molar-refractivity contribution in [1.29, 1.82) is 0 Å². The minimum atomic E-state index is -0.536. The molecule has 0 fully saturated rings. The number of fused-ring (bicyclic) bond motifs is 1. The fourth-order valence-electron chi connectivity index (χ4n) is 4.97. The minimum absolute atomic E-state index is 0.0981. The van der Waals surface area contributed by atoms with Crippen LogP contribution in [0.4, 0.5) is 11.6 Å². The molecule has 5 rings (SSSR count). The molecule has 0 aromatic carbocycles. The number of anilines is 2. The Balaban J connectivity index is 1.75. The largest absolute Gasteiger partial charge is 0.480 e. The number of ether oxygens (including phenoxy) is 1. The number of hydrogen-bond donors (Lipinski definition) is 1. The topological polar surface area (TPSA) is 109 Å². The molecule has 0 spiro atoms. The van der Waals surface area contributed by atoms with Gasteiger partial charge in [-0.1, -0.05) is 35.4 Å². The lowest BCUT2D eigenvalue weighted by atomic mass is 9.90. The Morgan fingerprint density at radius 1 is 1.21 bits per heavy atom. The summed E-state index contributed by atoms with van der Waals surface area (Å²) in [5, 5.41) is 0.937. The molecule has 10 nitrogen and oxygen atoms in total. The summed E-state index contributed by atoms with van der Waals surface area (Å²) in [6, 6.07) is 0.870. The van der Waals surface area contributed by atoms with Crippen LogP contribution in [0.1, 0.15) is 48.5 Å². The first kappa shape index (κ1) is 26.0. The second-order valence-electron chi connectivity index (χ2n) is 9.62. The lowest BCUT2D eigenvalue weighted by molar-refractivity contribution is 0.0983. The number of hydrogen-bond acceptors (Lipinski definition) is 7. The highest BCUT2D eigenvalue weighted by Crippen LogP contribution is 2.47. The number of rotatable bonds is 6. The number of halogens is 2. The molecule has 1 aliphatic heterocycles. The Kier molecular flexibility index (Phi) is 6.79. The van der Waals surface area contributed by atoms with Gasteiger partial charge in [-0.15, -0.1) is 0 Å². The molecule has 2 atom stereocenters. The number of aromatic amines is 1. The van der Waals surface area contributed by atoms with E-state index in [1.807, 2.05) is 50.7 Å². The molecule has 2 aliphatic rings. The molecular weight excluding hydrogens is 529 g/mol. The molecule has 1 N–H and O–H groups in total. The van der Waals surface area contributed by atoms with Gasteiger partial charge in [0.25, 0.3) is 11.5 Å². The van der Waals surface area contributed by atoms with E-state index in [1.54, 1.807) is 11.1 Å². The summed E-state index contributed by atoms with van der Waals surface area (Å²) < 4.78 is 7.61. The van der Waals surface area contributed by atoms with Crippen LogP contribution in [-0.2, 0) is 0 Å². The van der Waals surface area contributed by atoms with Gasteiger partial charge in [-0.3, -0.25) is 14.5 Å². The molecule has 0 bridgehead atoms. The van der Waals surface area contributed by atoms with Crippen LogP contribution in [0.25, 0.3) is 11.4 Å². The van der Waals surface area contributed by atoms with E-state index in [0.717, 1.165) is 0 Å². The predicted octanol–water partition coefficient (Wildman–Crippen LogP) is 4.74. The lowest BCUT2D eigenvalue weighted by Gasteiger charge is -2.32. The molecule has 1 aliphatic carbocycles. The smallest absolute Gasteiger partial charge is 0.279 e. The molecule has 1 unspecified atom stereocenters. The van der Waals surface area contributed by atoms with Crippen molar-refractivity contribution in [3.05, 3.63) is 68.5 Å². The number of aromatic nitrogens is 5. The molecule has 38 heavy (non-hydrogen) atoms. The van der Waals surface area contributed by atoms with Crippen molar-refractivity contribution in [2.24, 2.45) is 5.92 Å². The Bertz CT molecular complexity index is 1540. The van der Waals surface area contributed by atoms with E-state index in [1.165, 1.54) is 24.3 Å². The fraction of sp³-hybridized carbons (Fsp3) is 0.346. The lowest BCUT2D eigenvalue weighted by Crippen LogP contribution is -2.37. The van der Waals surface area contributed by atoms with Gasteiger partial charge in [-0.05, 0) is 32.4 Å². The minimum Gasteiger partial charge on any atom is -0.480 e. The number of nitrogens with one attached hydrogen (secondary N) is 1. The second-order valence-corrected chi connectivity index (χ2v) is 10.5. The number of methoxy groups -OCH3 is 1. The zero-order chi connectivity index (χ0) is 27.3. The van der Waals surface area contributed by atoms with Crippen molar-refractivity contribution >= 4 is 40.7 Å². The van der Waals surface area contributed by atoms with Gasteiger partial charge in [0.2, 0.25) is 11.8 Å². The van der Waals surface area contributed by atoms with Crippen LogP contribution in [0.5, 0.6) is 5.88 Å². The van der Waals surface area contributed by atoms with E-state index < -0.39 is 17.5 Å². The molecule has 3 aromatic rings. The van der Waals surface area contributed by atoms with Crippen molar-refractivity contribution in [2.45, 2.75) is 32.4 Å². The molecule has 0 saturated carbocycles. The summed E-state index contributed by atoms with van der Waals surface area (Å²) in [7, 11) is 5.21. The third-order valence-corrected chi connectivity index (χ3v) is 7.12. The summed E-state index contributed by atoms with van der Waals surface area (Å²) in [5.41, 5.74) is 1.25. The first-order chi connectivity index (χ1) is 18.1. The van der Waals surface area contributed by atoms with Gasteiger partial charge in [0.05, 0.1) is 29.4 Å². The Labute approximate surface area is 229 Å². The van der Waals surface area contributed by atoms with Gasteiger partial charge < -0.3 is 19.2 Å². The summed E-state index contributed by atoms with van der Waals surface area (Å²) in [5.74, 6) is 0.777. The first-order valence-electron chi connectivity index (χ1n) is 12.1. The van der Waals surface area contributed by atoms with E-state index in [-0.39, 0.29) is 23.3 Å². The van der Waals surface area contributed by atoms with Crippen molar-refractivity contribution in [2.75, 3.05) is 31.0 Å². The maximum Gasteiger partial charge on any atom is 0.279 e. The maximum absolute atomic E-state index is 14.0. The van der Waals surface area contributed by atoms with Crippen LogP contribution < -0.4 is 20.1 Å². The monoisotopic (exact) mass is 555 g/mol. The quantitative estimate of drug-likeness (QED) is 0.467. The summed E-state index contributed by atoms with van der Waals surface area (Å²) in [4.78, 5) is 46.6. The van der Waals surface area contributed by atoms with Crippen LogP contribution in [0, 0.1) is 5.92 Å². The predicted molar refractivity (Wildman–Crippen MR) is 147 cm³/mol. The number of carbonyl (C=O) groups is 1.